The maximum atomic E-state index is 12.3. The van der Waals surface area contributed by atoms with Gasteiger partial charge < -0.3 is 10.1 Å². The van der Waals surface area contributed by atoms with Crippen LogP contribution in [0.5, 0.6) is 0 Å². The molecule has 0 atom stereocenters. The molecule has 0 saturated carbocycles. The van der Waals surface area contributed by atoms with E-state index in [1.807, 2.05) is 0 Å². The van der Waals surface area contributed by atoms with Gasteiger partial charge in [0.25, 0.3) is 15.9 Å². The van der Waals surface area contributed by atoms with Gasteiger partial charge in [-0.05, 0) is 42.0 Å². The Balaban J connectivity index is 1.98. The van der Waals surface area contributed by atoms with Gasteiger partial charge in [0, 0.05) is 18.3 Å². The fourth-order valence-corrected chi connectivity index (χ4v) is 3.17. The number of carbonyl (C=O) groups is 1. The lowest BCUT2D eigenvalue weighted by atomic mass is 10.1. The number of hydrogen-bond donors (Lipinski definition) is 1. The molecule has 2 aromatic rings. The van der Waals surface area contributed by atoms with Crippen molar-refractivity contribution in [2.45, 2.75) is 17.7 Å². The smallest absolute Gasteiger partial charge is 0.367 e. The number of carbonyl (C=O) groups excluding carboxylic acids is 1. The Hall–Kier alpha value is -2.47. The number of nitrogens with one attached hydrogen (secondary N) is 1. The monoisotopic (exact) mass is 432 g/mol. The molecule has 1 N–H and O–H groups in total. The molecule has 0 aromatic heterocycles. The Morgan fingerprint density at radius 1 is 1.07 bits per heavy atom. The molecule has 2 rings (SSSR count). The van der Waals surface area contributed by atoms with Crippen LogP contribution in [0.4, 0.5) is 18.9 Å². The number of hydrogen-bond acceptors (Lipinski definition) is 5. The number of alkyl halides is 3. The Morgan fingerprint density at radius 3 is 2.17 bits per heavy atom. The molecule has 1 amide bonds. The zero-order chi connectivity index (χ0) is 21.7. The number of sulfonamides is 1. The van der Waals surface area contributed by atoms with Gasteiger partial charge in [0.15, 0.2) is 0 Å². The molecule has 0 saturated heterocycles. The third-order valence-corrected chi connectivity index (χ3v) is 5.45. The van der Waals surface area contributed by atoms with Crippen LogP contribution in [0, 0.1) is 0 Å². The van der Waals surface area contributed by atoms with Crippen molar-refractivity contribution in [2.24, 2.45) is 0 Å². The Morgan fingerprint density at radius 2 is 1.66 bits per heavy atom. The first-order valence-corrected chi connectivity index (χ1v) is 9.65. The first-order valence-electron chi connectivity index (χ1n) is 8.21. The summed E-state index contributed by atoms with van der Waals surface area (Å²) in [7, 11) is -1.32. The van der Waals surface area contributed by atoms with Crippen molar-refractivity contribution in [2.75, 3.05) is 26.1 Å². The number of benzene rings is 2. The number of nitrogens with zero attached hydrogens (tertiary/aromatic N) is 1. The normalized spacial score (nSPS) is 12.2. The molecule has 158 valence electrons. The lowest BCUT2D eigenvalue weighted by molar-refractivity contribution is -0.176. The third-order valence-electron chi connectivity index (χ3n) is 3.76. The van der Waals surface area contributed by atoms with Crippen molar-refractivity contribution in [3.63, 3.8) is 0 Å². The molecular weight excluding hydrogens is 413 g/mol. The van der Waals surface area contributed by atoms with E-state index in [2.05, 4.69) is 14.9 Å². The molecule has 0 bridgehead atoms. The summed E-state index contributed by atoms with van der Waals surface area (Å²) in [6, 6.07) is 11.4. The highest BCUT2D eigenvalue weighted by Gasteiger charge is 2.27. The molecule has 0 aliphatic carbocycles. The van der Waals surface area contributed by atoms with Crippen LogP contribution in [-0.2, 0) is 26.2 Å². The maximum absolute atomic E-state index is 12.3. The minimum absolute atomic E-state index is 0.0111. The molecule has 0 spiro atoms. The minimum Gasteiger partial charge on any atom is -0.367 e. The predicted octanol–water partition coefficient (Wildman–Crippen LogP) is 3.20. The van der Waals surface area contributed by atoms with E-state index in [9.17, 15) is 26.4 Å². The van der Waals surface area contributed by atoms with Crippen LogP contribution in [0.25, 0.3) is 0 Å². The molecule has 0 radical (unpaired) electrons. The third kappa shape index (κ3) is 6.53. The van der Waals surface area contributed by atoms with Gasteiger partial charge >= 0.3 is 6.18 Å². The molecule has 0 unspecified atom stereocenters. The molecule has 0 aliphatic rings. The van der Waals surface area contributed by atoms with Crippen molar-refractivity contribution < 1.29 is 36.0 Å². The molecule has 0 fully saturated rings. The standard InChI is InChI=1S/C18H19F3N2O5S/c1-23(27-2)29(25,26)16-9-7-15(8-10-16)22-17(24)14-5-3-13(4-6-14)11-28-12-18(19,20)21/h3-10H,11-12H2,1-2H3,(H,22,24). The van der Waals surface area contributed by atoms with E-state index < -0.39 is 28.7 Å². The topological polar surface area (TPSA) is 84.9 Å². The van der Waals surface area contributed by atoms with Crippen LogP contribution in [-0.4, -0.2) is 45.7 Å². The number of anilines is 1. The summed E-state index contributed by atoms with van der Waals surface area (Å²) in [4.78, 5) is 16.9. The van der Waals surface area contributed by atoms with Crippen LogP contribution in [0.2, 0.25) is 0 Å². The summed E-state index contributed by atoms with van der Waals surface area (Å²) in [5.41, 5.74) is 1.13. The largest absolute Gasteiger partial charge is 0.411 e. The minimum atomic E-state index is -4.40. The van der Waals surface area contributed by atoms with Crippen LogP contribution in [0.1, 0.15) is 15.9 Å². The van der Waals surface area contributed by atoms with Crippen molar-refractivity contribution in [3.8, 4) is 0 Å². The first kappa shape index (κ1) is 22.8. The molecular formula is C18H19F3N2O5S. The van der Waals surface area contributed by atoms with E-state index in [0.717, 1.165) is 0 Å². The number of hydroxylamine groups is 1. The summed E-state index contributed by atoms with van der Waals surface area (Å²) in [5, 5.41) is 2.60. The highest BCUT2D eigenvalue weighted by Crippen LogP contribution is 2.19. The van der Waals surface area contributed by atoms with Gasteiger partial charge in [0.05, 0.1) is 18.6 Å². The number of halogens is 3. The van der Waals surface area contributed by atoms with Gasteiger partial charge in [-0.3, -0.25) is 9.63 Å². The van der Waals surface area contributed by atoms with Crippen molar-refractivity contribution in [3.05, 3.63) is 59.7 Å². The summed E-state index contributed by atoms with van der Waals surface area (Å²) < 4.78 is 65.7. The summed E-state index contributed by atoms with van der Waals surface area (Å²) in [6.45, 7) is -1.58. The molecule has 7 nitrogen and oxygen atoms in total. The molecule has 11 heteroatoms. The number of amides is 1. The number of ether oxygens (including phenoxy) is 1. The zero-order valence-electron chi connectivity index (χ0n) is 15.6. The van der Waals surface area contributed by atoms with Crippen molar-refractivity contribution in [1.29, 1.82) is 0 Å². The second kappa shape index (κ2) is 9.35. The summed E-state index contributed by atoms with van der Waals surface area (Å²) in [6.07, 6.45) is -4.40. The average Bonchev–Trinajstić information content (AvgIpc) is 2.67. The van der Waals surface area contributed by atoms with E-state index >= 15 is 0 Å². The predicted molar refractivity (Wildman–Crippen MR) is 98.5 cm³/mol. The van der Waals surface area contributed by atoms with Gasteiger partial charge in [0.2, 0.25) is 0 Å². The van der Waals surface area contributed by atoms with Crippen molar-refractivity contribution in [1.82, 2.24) is 4.47 Å². The molecule has 29 heavy (non-hydrogen) atoms. The van der Waals surface area contributed by atoms with Gasteiger partial charge in [-0.1, -0.05) is 16.6 Å². The SMILES string of the molecule is CON(C)S(=O)(=O)c1ccc(NC(=O)c2ccc(COCC(F)(F)F)cc2)cc1. The molecule has 0 heterocycles. The van der Waals surface area contributed by atoms with Crippen molar-refractivity contribution >= 4 is 21.6 Å². The van der Waals surface area contributed by atoms with Crippen LogP contribution < -0.4 is 5.32 Å². The van der Waals surface area contributed by atoms with Gasteiger partial charge in [-0.15, -0.1) is 0 Å². The van der Waals surface area contributed by atoms with E-state index in [4.69, 9.17) is 0 Å². The Labute approximate surface area is 166 Å². The van der Waals surface area contributed by atoms with Gasteiger partial charge in [0.1, 0.15) is 6.61 Å². The summed E-state index contributed by atoms with van der Waals surface area (Å²) in [5.74, 6) is -0.461. The maximum Gasteiger partial charge on any atom is 0.411 e. The molecule has 2 aromatic carbocycles. The summed E-state index contributed by atoms with van der Waals surface area (Å²) >= 11 is 0. The highest BCUT2D eigenvalue weighted by molar-refractivity contribution is 7.89. The zero-order valence-corrected chi connectivity index (χ0v) is 16.4. The lowest BCUT2D eigenvalue weighted by Gasteiger charge is -2.14. The Bertz CT molecular complexity index is 929. The van der Waals surface area contributed by atoms with E-state index in [1.165, 1.54) is 62.7 Å². The van der Waals surface area contributed by atoms with Crippen LogP contribution in [0.15, 0.2) is 53.4 Å². The second-order valence-corrected chi connectivity index (χ2v) is 7.82. The van der Waals surface area contributed by atoms with Gasteiger partial charge in [-0.2, -0.15) is 13.2 Å². The average molecular weight is 432 g/mol. The van der Waals surface area contributed by atoms with E-state index in [1.54, 1.807) is 0 Å². The quantitative estimate of drug-likeness (QED) is 0.648. The van der Waals surface area contributed by atoms with Gasteiger partial charge in [-0.25, -0.2) is 8.42 Å². The first-order chi connectivity index (χ1) is 13.5. The van der Waals surface area contributed by atoms with E-state index in [-0.39, 0.29) is 17.1 Å². The number of rotatable bonds is 8. The van der Waals surface area contributed by atoms with Crippen LogP contribution in [0.3, 0.4) is 0 Å². The highest BCUT2D eigenvalue weighted by atomic mass is 32.2. The molecule has 0 aliphatic heterocycles. The van der Waals surface area contributed by atoms with E-state index in [0.29, 0.717) is 15.7 Å². The fraction of sp³-hybridized carbons (Fsp3) is 0.278. The fourth-order valence-electron chi connectivity index (χ4n) is 2.20. The Kier molecular flexibility index (Phi) is 7.36. The second-order valence-electron chi connectivity index (χ2n) is 5.88. The lowest BCUT2D eigenvalue weighted by Crippen LogP contribution is -2.25. The van der Waals surface area contributed by atoms with Crippen LogP contribution >= 0.6 is 0 Å².